The third kappa shape index (κ3) is 3.06. The molecule has 0 saturated heterocycles. The van der Waals surface area contributed by atoms with Crippen LogP contribution in [0.3, 0.4) is 0 Å². The third-order valence-electron chi connectivity index (χ3n) is 3.46. The fourth-order valence-electron chi connectivity index (χ4n) is 2.31. The van der Waals surface area contributed by atoms with E-state index in [2.05, 4.69) is 5.32 Å². The molecule has 4 nitrogen and oxygen atoms in total. The molecule has 0 aliphatic heterocycles. The largest absolute Gasteiger partial charge is 0.438 e. The molecule has 3 rings (SSSR count). The number of carbonyl (C=O) groups excluding carboxylic acids is 1. The average molecular weight is 292 g/mol. The van der Waals surface area contributed by atoms with Crippen molar-refractivity contribution in [3.63, 3.8) is 0 Å². The van der Waals surface area contributed by atoms with E-state index in [1.807, 2.05) is 48.5 Å². The summed E-state index contributed by atoms with van der Waals surface area (Å²) >= 11 is 0. The predicted molar refractivity (Wildman–Crippen MR) is 84.5 cm³/mol. The monoisotopic (exact) mass is 292 g/mol. The lowest BCUT2D eigenvalue weighted by Crippen LogP contribution is -2.29. The topological polar surface area (TPSA) is 66.1 Å². The van der Waals surface area contributed by atoms with Gasteiger partial charge < -0.3 is 9.73 Å². The van der Waals surface area contributed by atoms with Gasteiger partial charge in [-0.25, -0.2) is 0 Å². The molecule has 0 atom stereocenters. The second kappa shape index (κ2) is 6.26. The van der Waals surface area contributed by atoms with E-state index in [4.69, 9.17) is 9.83 Å². The fraction of sp³-hybridized carbons (Fsp3) is 0.111. The molecule has 1 heterocycles. The van der Waals surface area contributed by atoms with Crippen LogP contribution in [0, 0.1) is 5.41 Å². The molecule has 1 amide bonds. The van der Waals surface area contributed by atoms with Crippen LogP contribution >= 0.6 is 0 Å². The third-order valence-corrected chi connectivity index (χ3v) is 3.46. The summed E-state index contributed by atoms with van der Waals surface area (Å²) in [7, 11) is 0. The normalized spacial score (nSPS) is 10.5. The molecule has 0 aliphatic carbocycles. The molecule has 0 spiro atoms. The van der Waals surface area contributed by atoms with Crippen molar-refractivity contribution in [1.82, 2.24) is 5.32 Å². The van der Waals surface area contributed by atoms with E-state index in [0.29, 0.717) is 12.1 Å². The van der Waals surface area contributed by atoms with Crippen molar-refractivity contribution in [1.29, 1.82) is 5.41 Å². The van der Waals surface area contributed by atoms with E-state index in [0.717, 1.165) is 17.4 Å². The van der Waals surface area contributed by atoms with E-state index in [9.17, 15) is 4.79 Å². The minimum Gasteiger partial charge on any atom is -0.438 e. The Balaban J connectivity index is 1.72. The van der Waals surface area contributed by atoms with Crippen LogP contribution in [0.4, 0.5) is 0 Å². The molecular weight excluding hydrogens is 276 g/mol. The Morgan fingerprint density at radius 2 is 1.77 bits per heavy atom. The summed E-state index contributed by atoms with van der Waals surface area (Å²) in [4.78, 5) is 12.2. The number of nitrogens with one attached hydrogen (secondary N) is 2. The molecule has 2 aromatic carbocycles. The number of carbonyl (C=O) groups is 1. The van der Waals surface area contributed by atoms with E-state index < -0.39 is 0 Å². The predicted octanol–water partition coefficient (Wildman–Crippen LogP) is 2.88. The lowest BCUT2D eigenvalue weighted by molar-refractivity contribution is 0.0950. The molecule has 0 bridgehead atoms. The number of hydrogen-bond donors (Lipinski definition) is 2. The maximum Gasteiger partial charge on any atom is 0.256 e. The molecule has 0 unspecified atom stereocenters. The molecule has 4 heteroatoms. The quantitative estimate of drug-likeness (QED) is 0.776. The number of para-hydroxylation sites is 1. The van der Waals surface area contributed by atoms with Gasteiger partial charge in [-0.1, -0.05) is 48.5 Å². The van der Waals surface area contributed by atoms with Gasteiger partial charge in [0.25, 0.3) is 5.91 Å². The number of hydrogen-bond acceptors (Lipinski definition) is 3. The minimum atomic E-state index is -0.282. The maximum absolute atomic E-state index is 12.2. The van der Waals surface area contributed by atoms with Gasteiger partial charge in [0.15, 0.2) is 0 Å². The highest BCUT2D eigenvalue weighted by atomic mass is 16.3. The Morgan fingerprint density at radius 1 is 1.05 bits per heavy atom. The van der Waals surface area contributed by atoms with Crippen LogP contribution in [-0.2, 0) is 6.42 Å². The highest BCUT2D eigenvalue weighted by molar-refractivity contribution is 5.96. The first-order valence-corrected chi connectivity index (χ1v) is 7.13. The Labute approximate surface area is 127 Å². The standard InChI is InChI=1S/C18H16N2O2/c19-17-15(12-14-8-4-5-9-16(14)22-17)18(21)20-11-10-13-6-2-1-3-7-13/h1-9,12,19H,10-11H2,(H,20,21). The zero-order valence-electron chi connectivity index (χ0n) is 12.0. The summed E-state index contributed by atoms with van der Waals surface area (Å²) in [6.07, 6.45) is 0.755. The highest BCUT2D eigenvalue weighted by Gasteiger charge is 2.10. The highest BCUT2D eigenvalue weighted by Crippen LogP contribution is 2.12. The SMILES string of the molecule is N=c1oc2ccccc2cc1C(=O)NCCc1ccccc1. The molecule has 22 heavy (non-hydrogen) atoms. The molecule has 1 aromatic heterocycles. The molecule has 0 radical (unpaired) electrons. The summed E-state index contributed by atoms with van der Waals surface area (Å²) < 4.78 is 5.38. The molecule has 0 saturated carbocycles. The van der Waals surface area contributed by atoms with Crippen molar-refractivity contribution >= 4 is 16.9 Å². The van der Waals surface area contributed by atoms with Crippen molar-refractivity contribution in [3.8, 4) is 0 Å². The molecular formula is C18H16N2O2. The van der Waals surface area contributed by atoms with Gasteiger partial charge in [-0.3, -0.25) is 10.2 Å². The van der Waals surface area contributed by atoms with Crippen LogP contribution in [0.1, 0.15) is 15.9 Å². The molecule has 3 aromatic rings. The molecule has 0 aliphatic rings. The van der Waals surface area contributed by atoms with Gasteiger partial charge in [0.05, 0.1) is 0 Å². The summed E-state index contributed by atoms with van der Waals surface area (Å²) in [5.41, 5.74) is 1.91. The van der Waals surface area contributed by atoms with Crippen LogP contribution in [-0.4, -0.2) is 12.5 Å². The van der Waals surface area contributed by atoms with Crippen LogP contribution in [0.25, 0.3) is 11.0 Å². The zero-order valence-corrected chi connectivity index (χ0v) is 12.0. The smallest absolute Gasteiger partial charge is 0.256 e. The van der Waals surface area contributed by atoms with E-state index in [-0.39, 0.29) is 17.0 Å². The van der Waals surface area contributed by atoms with Crippen LogP contribution < -0.4 is 10.9 Å². The van der Waals surface area contributed by atoms with Gasteiger partial charge in [0, 0.05) is 11.9 Å². The second-order valence-electron chi connectivity index (χ2n) is 5.02. The Bertz CT molecular complexity index is 854. The Kier molecular flexibility index (Phi) is 4.01. The lowest BCUT2D eigenvalue weighted by Gasteiger charge is -2.06. The van der Waals surface area contributed by atoms with Gasteiger partial charge in [0.2, 0.25) is 5.55 Å². The first kappa shape index (κ1) is 14.1. The maximum atomic E-state index is 12.2. The number of benzene rings is 2. The van der Waals surface area contributed by atoms with E-state index in [1.165, 1.54) is 0 Å². The average Bonchev–Trinajstić information content (AvgIpc) is 2.55. The second-order valence-corrected chi connectivity index (χ2v) is 5.02. The van der Waals surface area contributed by atoms with Crippen LogP contribution in [0.2, 0.25) is 0 Å². The van der Waals surface area contributed by atoms with Crippen LogP contribution in [0.15, 0.2) is 65.1 Å². The Morgan fingerprint density at radius 3 is 2.59 bits per heavy atom. The lowest BCUT2D eigenvalue weighted by atomic mass is 10.1. The molecule has 2 N–H and O–H groups in total. The number of rotatable bonds is 4. The summed E-state index contributed by atoms with van der Waals surface area (Å²) in [5, 5.41) is 11.5. The van der Waals surface area contributed by atoms with Gasteiger partial charge in [-0.05, 0) is 24.1 Å². The van der Waals surface area contributed by atoms with Crippen molar-refractivity contribution in [3.05, 3.63) is 77.3 Å². The van der Waals surface area contributed by atoms with E-state index in [1.54, 1.807) is 12.1 Å². The van der Waals surface area contributed by atoms with Crippen molar-refractivity contribution in [2.45, 2.75) is 6.42 Å². The van der Waals surface area contributed by atoms with Gasteiger partial charge in [-0.15, -0.1) is 0 Å². The minimum absolute atomic E-state index is 0.115. The number of amides is 1. The van der Waals surface area contributed by atoms with E-state index >= 15 is 0 Å². The first-order valence-electron chi connectivity index (χ1n) is 7.13. The fourth-order valence-corrected chi connectivity index (χ4v) is 2.31. The Hall–Kier alpha value is -2.88. The zero-order chi connectivity index (χ0) is 15.4. The van der Waals surface area contributed by atoms with Crippen LogP contribution in [0.5, 0.6) is 0 Å². The van der Waals surface area contributed by atoms with Crippen molar-refractivity contribution in [2.75, 3.05) is 6.54 Å². The molecule has 110 valence electrons. The van der Waals surface area contributed by atoms with Gasteiger partial charge in [-0.2, -0.15) is 0 Å². The summed E-state index contributed by atoms with van der Waals surface area (Å²) in [5.74, 6) is -0.282. The summed E-state index contributed by atoms with van der Waals surface area (Å²) in [6.45, 7) is 0.523. The summed E-state index contributed by atoms with van der Waals surface area (Å²) in [6, 6.07) is 19.0. The van der Waals surface area contributed by atoms with Crippen molar-refractivity contribution < 1.29 is 9.21 Å². The number of fused-ring (bicyclic) bond motifs is 1. The van der Waals surface area contributed by atoms with Crippen molar-refractivity contribution in [2.24, 2.45) is 0 Å². The molecule has 0 fully saturated rings. The van der Waals surface area contributed by atoms with Gasteiger partial charge in [0.1, 0.15) is 11.1 Å². The first-order chi connectivity index (χ1) is 10.7. The van der Waals surface area contributed by atoms with Gasteiger partial charge >= 0.3 is 0 Å².